The molecular weight excluding hydrogens is 204 g/mol. The van der Waals surface area contributed by atoms with Crippen LogP contribution in [0.4, 0.5) is 17.6 Å². The van der Waals surface area contributed by atoms with Crippen molar-refractivity contribution in [1.82, 2.24) is 0 Å². The first-order valence-electron chi connectivity index (χ1n) is 3.71. The van der Waals surface area contributed by atoms with Crippen molar-refractivity contribution in [2.24, 2.45) is 0 Å². The fourth-order valence-electron chi connectivity index (χ4n) is 0.479. The minimum absolute atomic E-state index is 0.0543. The van der Waals surface area contributed by atoms with E-state index < -0.39 is 24.7 Å². The lowest BCUT2D eigenvalue weighted by Gasteiger charge is -2.10. The molecule has 0 aliphatic rings. The van der Waals surface area contributed by atoms with Crippen LogP contribution in [0.5, 0.6) is 0 Å². The third-order valence-corrected chi connectivity index (χ3v) is 1.11. The van der Waals surface area contributed by atoms with E-state index in [1.807, 2.05) is 0 Å². The summed E-state index contributed by atoms with van der Waals surface area (Å²) in [5.74, 6) is -1.88. The van der Waals surface area contributed by atoms with Crippen molar-refractivity contribution in [1.29, 1.82) is 0 Å². The van der Waals surface area contributed by atoms with Gasteiger partial charge in [-0.15, -0.1) is 0 Å². The van der Waals surface area contributed by atoms with E-state index in [2.05, 4.69) is 4.74 Å². The zero-order chi connectivity index (χ0) is 11.2. The molecule has 0 aromatic rings. The molecule has 0 amide bonds. The van der Waals surface area contributed by atoms with Crippen molar-refractivity contribution in [3.05, 3.63) is 0 Å². The summed E-state index contributed by atoms with van der Waals surface area (Å²) >= 11 is 0. The van der Waals surface area contributed by atoms with Crippen LogP contribution in [0.25, 0.3) is 0 Å². The van der Waals surface area contributed by atoms with Crippen molar-refractivity contribution >= 4 is 5.97 Å². The van der Waals surface area contributed by atoms with Gasteiger partial charge in [0.25, 0.3) is 0 Å². The van der Waals surface area contributed by atoms with Crippen molar-refractivity contribution in [2.45, 2.75) is 25.7 Å². The maximum absolute atomic E-state index is 12.2. The zero-order valence-electron chi connectivity index (χ0n) is 7.32. The summed E-state index contributed by atoms with van der Waals surface area (Å²) in [7, 11) is 0. The Bertz CT molecular complexity index is 252. The molecule has 0 radical (unpaired) electrons. The number of carbonyl (C=O) groups is 1. The van der Waals surface area contributed by atoms with Gasteiger partial charge in [0.2, 0.25) is 0 Å². The smallest absolute Gasteiger partial charge is 0.384 e. The van der Waals surface area contributed by atoms with Crippen LogP contribution in [0.15, 0.2) is 0 Å². The summed E-state index contributed by atoms with van der Waals surface area (Å²) in [6.45, 7) is 1.56. The maximum atomic E-state index is 12.2. The molecule has 0 aliphatic carbocycles. The normalized spacial score (nSPS) is 10.7. The molecule has 0 saturated heterocycles. The summed E-state index contributed by atoms with van der Waals surface area (Å²) in [6, 6.07) is 0. The van der Waals surface area contributed by atoms with E-state index in [9.17, 15) is 22.4 Å². The summed E-state index contributed by atoms with van der Waals surface area (Å²) in [5.41, 5.74) is 0. The molecule has 0 bridgehead atoms. The highest BCUT2D eigenvalue weighted by Crippen LogP contribution is 2.25. The second-order valence-corrected chi connectivity index (χ2v) is 2.26. The van der Waals surface area contributed by atoms with Gasteiger partial charge in [-0.25, -0.2) is 13.6 Å². The summed E-state index contributed by atoms with van der Waals surface area (Å²) in [6.07, 6.45) is -5.14. The quantitative estimate of drug-likeness (QED) is 0.309. The van der Waals surface area contributed by atoms with E-state index >= 15 is 0 Å². The van der Waals surface area contributed by atoms with Gasteiger partial charge in [0.15, 0.2) is 0 Å². The lowest BCUT2D eigenvalue weighted by molar-refractivity contribution is -0.136. The SMILES string of the molecule is CCOC(=O)C#CCC(F)(F)C(F)F. The Kier molecular flexibility index (Phi) is 4.99. The molecule has 2 nitrogen and oxygen atoms in total. The molecule has 0 heterocycles. The Morgan fingerprint density at radius 3 is 2.50 bits per heavy atom. The third-order valence-electron chi connectivity index (χ3n) is 1.11. The predicted molar refractivity (Wildman–Crippen MR) is 40.0 cm³/mol. The second kappa shape index (κ2) is 5.47. The van der Waals surface area contributed by atoms with E-state index in [0.29, 0.717) is 0 Å². The van der Waals surface area contributed by atoms with Gasteiger partial charge in [-0.3, -0.25) is 0 Å². The minimum Gasteiger partial charge on any atom is -0.456 e. The van der Waals surface area contributed by atoms with Crippen LogP contribution in [0.2, 0.25) is 0 Å². The Morgan fingerprint density at radius 2 is 2.07 bits per heavy atom. The number of hydrogen-bond acceptors (Lipinski definition) is 2. The lowest BCUT2D eigenvalue weighted by Crippen LogP contribution is -2.25. The molecule has 0 unspecified atom stereocenters. The fourth-order valence-corrected chi connectivity index (χ4v) is 0.479. The molecule has 0 N–H and O–H groups in total. The highest BCUT2D eigenvalue weighted by molar-refractivity contribution is 5.88. The fraction of sp³-hybridized carbons (Fsp3) is 0.625. The third kappa shape index (κ3) is 4.70. The first kappa shape index (κ1) is 12.8. The Morgan fingerprint density at radius 1 is 1.50 bits per heavy atom. The standard InChI is InChI=1S/C8H8F4O2/c1-2-14-6(13)4-3-5-8(11,12)7(9)10/h7H,2,5H2,1H3. The number of halogens is 4. The van der Waals surface area contributed by atoms with Crippen LogP contribution in [-0.2, 0) is 9.53 Å². The maximum Gasteiger partial charge on any atom is 0.384 e. The topological polar surface area (TPSA) is 26.3 Å². The van der Waals surface area contributed by atoms with Crippen LogP contribution in [-0.4, -0.2) is 24.9 Å². The Hall–Kier alpha value is -1.25. The van der Waals surface area contributed by atoms with Crippen LogP contribution >= 0.6 is 0 Å². The van der Waals surface area contributed by atoms with E-state index in [1.165, 1.54) is 6.92 Å². The van der Waals surface area contributed by atoms with Crippen molar-refractivity contribution in [3.8, 4) is 11.8 Å². The molecular formula is C8H8F4O2. The zero-order valence-corrected chi connectivity index (χ0v) is 7.32. The average Bonchev–Trinajstić information content (AvgIpc) is 2.04. The molecule has 0 rings (SSSR count). The van der Waals surface area contributed by atoms with E-state index in [1.54, 1.807) is 11.8 Å². The summed E-state index contributed by atoms with van der Waals surface area (Å²) in [4.78, 5) is 10.5. The van der Waals surface area contributed by atoms with E-state index in [4.69, 9.17) is 0 Å². The van der Waals surface area contributed by atoms with Crippen LogP contribution in [0, 0.1) is 11.8 Å². The van der Waals surface area contributed by atoms with Gasteiger partial charge in [-0.05, 0) is 6.92 Å². The molecule has 0 aliphatic heterocycles. The number of ether oxygens (including phenoxy) is 1. The number of alkyl halides is 4. The molecule has 14 heavy (non-hydrogen) atoms. The number of rotatable bonds is 3. The molecule has 0 atom stereocenters. The Labute approximate surface area is 78.2 Å². The molecule has 0 spiro atoms. The monoisotopic (exact) mass is 212 g/mol. The van der Waals surface area contributed by atoms with Crippen LogP contribution in [0.3, 0.4) is 0 Å². The highest BCUT2D eigenvalue weighted by Gasteiger charge is 2.39. The molecule has 0 aromatic carbocycles. The molecule has 80 valence electrons. The van der Waals surface area contributed by atoms with Gasteiger partial charge in [-0.1, -0.05) is 5.92 Å². The van der Waals surface area contributed by atoms with E-state index in [-0.39, 0.29) is 6.61 Å². The highest BCUT2D eigenvalue weighted by atomic mass is 19.3. The van der Waals surface area contributed by atoms with E-state index in [0.717, 1.165) is 0 Å². The Balaban J connectivity index is 4.09. The van der Waals surface area contributed by atoms with Crippen LogP contribution in [0.1, 0.15) is 13.3 Å². The number of esters is 1. The average molecular weight is 212 g/mol. The lowest BCUT2D eigenvalue weighted by atomic mass is 10.2. The summed E-state index contributed by atoms with van der Waals surface area (Å²) in [5, 5.41) is 0. The van der Waals surface area contributed by atoms with Gasteiger partial charge in [-0.2, -0.15) is 8.78 Å². The molecule has 0 saturated carbocycles. The van der Waals surface area contributed by atoms with Crippen LogP contribution < -0.4 is 0 Å². The molecule has 0 fully saturated rings. The van der Waals surface area contributed by atoms with Crippen molar-refractivity contribution < 1.29 is 27.1 Å². The number of carbonyl (C=O) groups excluding carboxylic acids is 1. The number of hydrogen-bond donors (Lipinski definition) is 0. The minimum atomic E-state index is -4.18. The van der Waals surface area contributed by atoms with Crippen molar-refractivity contribution in [2.75, 3.05) is 6.61 Å². The van der Waals surface area contributed by atoms with Crippen molar-refractivity contribution in [3.63, 3.8) is 0 Å². The largest absolute Gasteiger partial charge is 0.456 e. The van der Waals surface area contributed by atoms with Gasteiger partial charge in [0.1, 0.15) is 0 Å². The van der Waals surface area contributed by atoms with Gasteiger partial charge in [0.05, 0.1) is 13.0 Å². The van der Waals surface area contributed by atoms with Gasteiger partial charge >= 0.3 is 18.3 Å². The molecule has 6 heteroatoms. The second-order valence-electron chi connectivity index (χ2n) is 2.26. The summed E-state index contributed by atoms with van der Waals surface area (Å²) < 4.78 is 51.7. The first-order valence-corrected chi connectivity index (χ1v) is 3.71. The molecule has 0 aromatic heterocycles. The van der Waals surface area contributed by atoms with Gasteiger partial charge in [0, 0.05) is 5.92 Å². The van der Waals surface area contributed by atoms with Gasteiger partial charge < -0.3 is 4.74 Å². The first-order chi connectivity index (χ1) is 6.40. The predicted octanol–water partition coefficient (Wildman–Crippen LogP) is 1.84.